The predicted octanol–water partition coefficient (Wildman–Crippen LogP) is -0.193. The highest BCUT2D eigenvalue weighted by Gasteiger charge is 2.22. The molecule has 0 saturated carbocycles. The van der Waals surface area contributed by atoms with Crippen molar-refractivity contribution in [2.45, 2.75) is 44.4 Å². The van der Waals surface area contributed by atoms with Gasteiger partial charge in [-0.2, -0.15) is 0 Å². The Balaban J connectivity index is 2.20. The zero-order valence-corrected chi connectivity index (χ0v) is 9.02. The Morgan fingerprint density at radius 1 is 1.67 bits per heavy atom. The van der Waals surface area contributed by atoms with Crippen molar-refractivity contribution < 1.29 is 19.4 Å². The first kappa shape index (κ1) is 12.4. The maximum absolute atomic E-state index is 11.3. The van der Waals surface area contributed by atoms with Crippen LogP contribution in [-0.4, -0.2) is 42.5 Å². The van der Waals surface area contributed by atoms with E-state index in [1.807, 2.05) is 0 Å². The summed E-state index contributed by atoms with van der Waals surface area (Å²) in [7, 11) is 0. The lowest BCUT2D eigenvalue weighted by molar-refractivity contribution is -0.153. The molecule has 15 heavy (non-hydrogen) atoms. The van der Waals surface area contributed by atoms with Gasteiger partial charge < -0.3 is 20.3 Å². The van der Waals surface area contributed by atoms with Gasteiger partial charge in [0.25, 0.3) is 0 Å². The number of nitrogens with two attached hydrogens (primary N) is 1. The van der Waals surface area contributed by atoms with Gasteiger partial charge >= 0.3 is 5.97 Å². The van der Waals surface area contributed by atoms with Crippen molar-refractivity contribution in [1.29, 1.82) is 0 Å². The van der Waals surface area contributed by atoms with Gasteiger partial charge in [-0.3, -0.25) is 4.79 Å². The summed E-state index contributed by atoms with van der Waals surface area (Å²) < 4.78 is 10.3. The molecule has 0 radical (unpaired) electrons. The number of ether oxygens (including phenoxy) is 2. The van der Waals surface area contributed by atoms with Crippen molar-refractivity contribution in [2.24, 2.45) is 5.73 Å². The number of rotatable bonds is 4. The SMILES string of the molecule is C[C@@H](O)[C@H](N)C(=O)OCC1CCCCO1. The van der Waals surface area contributed by atoms with Crippen LogP contribution in [0.5, 0.6) is 0 Å². The van der Waals surface area contributed by atoms with Crippen LogP contribution in [0, 0.1) is 0 Å². The summed E-state index contributed by atoms with van der Waals surface area (Å²) in [6, 6.07) is -0.964. The first-order valence-corrected chi connectivity index (χ1v) is 5.33. The van der Waals surface area contributed by atoms with Crippen molar-refractivity contribution in [3.8, 4) is 0 Å². The zero-order valence-electron chi connectivity index (χ0n) is 9.02. The maximum atomic E-state index is 11.3. The average molecular weight is 217 g/mol. The van der Waals surface area contributed by atoms with Gasteiger partial charge in [-0.15, -0.1) is 0 Å². The number of hydrogen-bond acceptors (Lipinski definition) is 5. The Bertz CT molecular complexity index is 202. The molecule has 0 aliphatic carbocycles. The Labute approximate surface area is 89.5 Å². The van der Waals surface area contributed by atoms with Gasteiger partial charge in [-0.05, 0) is 26.2 Å². The standard InChI is InChI=1S/C10H19NO4/c1-7(12)9(11)10(13)15-6-8-4-2-3-5-14-8/h7-9,12H,2-6,11H2,1H3/t7-,8?,9+/m1/s1. The van der Waals surface area contributed by atoms with E-state index in [2.05, 4.69) is 0 Å². The lowest BCUT2D eigenvalue weighted by Gasteiger charge is -2.23. The molecule has 0 amide bonds. The Morgan fingerprint density at radius 2 is 2.40 bits per heavy atom. The maximum Gasteiger partial charge on any atom is 0.325 e. The van der Waals surface area contributed by atoms with Crippen LogP contribution >= 0.6 is 0 Å². The summed E-state index contributed by atoms with van der Waals surface area (Å²) >= 11 is 0. The fraction of sp³-hybridized carbons (Fsp3) is 0.900. The third-order valence-corrected chi connectivity index (χ3v) is 2.48. The number of aliphatic hydroxyl groups excluding tert-OH is 1. The number of aliphatic hydroxyl groups is 1. The van der Waals surface area contributed by atoms with Crippen molar-refractivity contribution in [1.82, 2.24) is 0 Å². The molecule has 1 aliphatic rings. The van der Waals surface area contributed by atoms with Crippen molar-refractivity contribution in [2.75, 3.05) is 13.2 Å². The van der Waals surface area contributed by atoms with Crippen LogP contribution in [0.3, 0.4) is 0 Å². The van der Waals surface area contributed by atoms with Crippen molar-refractivity contribution in [3.05, 3.63) is 0 Å². The molecule has 5 heteroatoms. The second-order valence-corrected chi connectivity index (χ2v) is 3.89. The van der Waals surface area contributed by atoms with Crippen molar-refractivity contribution >= 4 is 5.97 Å². The summed E-state index contributed by atoms with van der Waals surface area (Å²) in [4.78, 5) is 11.3. The molecule has 0 spiro atoms. The average Bonchev–Trinajstić information content (AvgIpc) is 2.26. The lowest BCUT2D eigenvalue weighted by atomic mass is 10.1. The molecule has 1 aliphatic heterocycles. The van der Waals surface area contributed by atoms with E-state index in [-0.39, 0.29) is 12.7 Å². The first-order chi connectivity index (χ1) is 7.11. The van der Waals surface area contributed by atoms with E-state index in [1.165, 1.54) is 6.92 Å². The molecule has 1 rings (SSSR count). The molecule has 1 fully saturated rings. The molecular weight excluding hydrogens is 198 g/mol. The highest BCUT2D eigenvalue weighted by Crippen LogP contribution is 2.12. The van der Waals surface area contributed by atoms with E-state index >= 15 is 0 Å². The van der Waals surface area contributed by atoms with Crippen LogP contribution in [0.2, 0.25) is 0 Å². The number of hydrogen-bond donors (Lipinski definition) is 2. The molecule has 0 aromatic carbocycles. The quantitative estimate of drug-likeness (QED) is 0.638. The van der Waals surface area contributed by atoms with Crippen LogP contribution in [-0.2, 0) is 14.3 Å². The lowest BCUT2D eigenvalue weighted by Crippen LogP contribution is -2.42. The molecule has 0 aromatic heterocycles. The summed E-state index contributed by atoms with van der Waals surface area (Å²) in [5.41, 5.74) is 5.41. The number of carbonyl (C=O) groups excluding carboxylic acids is 1. The molecule has 0 bridgehead atoms. The van der Waals surface area contributed by atoms with E-state index < -0.39 is 18.1 Å². The fourth-order valence-corrected chi connectivity index (χ4v) is 1.41. The van der Waals surface area contributed by atoms with Gasteiger partial charge in [0.05, 0.1) is 12.2 Å². The van der Waals surface area contributed by atoms with Gasteiger partial charge in [-0.1, -0.05) is 0 Å². The summed E-state index contributed by atoms with van der Waals surface area (Å²) in [5, 5.41) is 9.07. The van der Waals surface area contributed by atoms with Crippen LogP contribution < -0.4 is 5.73 Å². The molecule has 1 saturated heterocycles. The third-order valence-electron chi connectivity index (χ3n) is 2.48. The molecule has 5 nitrogen and oxygen atoms in total. The van der Waals surface area contributed by atoms with Gasteiger partial charge in [0.1, 0.15) is 12.6 Å². The minimum Gasteiger partial charge on any atom is -0.462 e. The van der Waals surface area contributed by atoms with Gasteiger partial charge in [0, 0.05) is 6.61 Å². The molecule has 0 aromatic rings. The minimum absolute atomic E-state index is 0.0103. The van der Waals surface area contributed by atoms with Crippen LogP contribution in [0.15, 0.2) is 0 Å². The molecule has 88 valence electrons. The van der Waals surface area contributed by atoms with Gasteiger partial charge in [0.2, 0.25) is 0 Å². The van der Waals surface area contributed by atoms with E-state index in [1.54, 1.807) is 0 Å². The summed E-state index contributed by atoms with van der Waals surface area (Å²) in [5.74, 6) is -0.570. The zero-order chi connectivity index (χ0) is 11.3. The Kier molecular flexibility index (Phi) is 5.01. The minimum atomic E-state index is -0.964. The molecular formula is C10H19NO4. The first-order valence-electron chi connectivity index (χ1n) is 5.33. The second kappa shape index (κ2) is 6.05. The second-order valence-electron chi connectivity index (χ2n) is 3.89. The van der Waals surface area contributed by atoms with E-state index in [4.69, 9.17) is 20.3 Å². The molecule has 3 N–H and O–H groups in total. The van der Waals surface area contributed by atoms with Gasteiger partial charge in [-0.25, -0.2) is 0 Å². The van der Waals surface area contributed by atoms with Crippen LogP contribution in [0.25, 0.3) is 0 Å². The van der Waals surface area contributed by atoms with E-state index in [0.29, 0.717) is 0 Å². The van der Waals surface area contributed by atoms with Gasteiger partial charge in [0.15, 0.2) is 0 Å². The summed E-state index contributed by atoms with van der Waals surface area (Å²) in [6.45, 7) is 2.42. The predicted molar refractivity (Wildman–Crippen MR) is 54.2 cm³/mol. The van der Waals surface area contributed by atoms with Crippen LogP contribution in [0.1, 0.15) is 26.2 Å². The Morgan fingerprint density at radius 3 is 2.93 bits per heavy atom. The largest absolute Gasteiger partial charge is 0.462 e. The van der Waals surface area contributed by atoms with E-state index in [0.717, 1.165) is 25.9 Å². The smallest absolute Gasteiger partial charge is 0.325 e. The molecule has 3 atom stereocenters. The number of esters is 1. The summed E-state index contributed by atoms with van der Waals surface area (Å²) in [6.07, 6.45) is 2.19. The van der Waals surface area contributed by atoms with Crippen LogP contribution in [0.4, 0.5) is 0 Å². The third kappa shape index (κ3) is 4.15. The Hall–Kier alpha value is -0.650. The highest BCUT2D eigenvalue weighted by atomic mass is 16.6. The number of carbonyl (C=O) groups is 1. The molecule has 1 heterocycles. The molecule has 1 unspecified atom stereocenters. The van der Waals surface area contributed by atoms with E-state index in [9.17, 15) is 4.79 Å². The normalized spacial score (nSPS) is 25.7. The van der Waals surface area contributed by atoms with Crippen molar-refractivity contribution in [3.63, 3.8) is 0 Å². The topological polar surface area (TPSA) is 81.8 Å². The monoisotopic (exact) mass is 217 g/mol. The highest BCUT2D eigenvalue weighted by molar-refractivity contribution is 5.76. The fourth-order valence-electron chi connectivity index (χ4n) is 1.41.